The second-order valence-corrected chi connectivity index (χ2v) is 2.45. The summed E-state index contributed by atoms with van der Waals surface area (Å²) in [6.45, 7) is 0.363. The van der Waals surface area contributed by atoms with E-state index < -0.39 is 0 Å². The quantitative estimate of drug-likeness (QED) is 0.494. The molecule has 0 aliphatic heterocycles. The molecule has 0 saturated heterocycles. The molecule has 0 fully saturated rings. The number of anilines is 1. The van der Waals surface area contributed by atoms with Gasteiger partial charge in [-0.1, -0.05) is 0 Å². The Morgan fingerprint density at radius 1 is 1.38 bits per heavy atom. The Kier molecular flexibility index (Phi) is 3.56. The molecular weight excluding hydrogens is 165 g/mol. The van der Waals surface area contributed by atoms with E-state index in [1.54, 1.807) is 18.2 Å². The number of carbonyl (C=O) groups excluding carboxylic acids is 2. The molecule has 0 atom stereocenters. The van der Waals surface area contributed by atoms with Gasteiger partial charge in [0.25, 0.3) is 0 Å². The first kappa shape index (κ1) is 9.84. The van der Waals surface area contributed by atoms with Crippen molar-refractivity contribution in [2.75, 3.05) is 5.32 Å². The van der Waals surface area contributed by atoms with Crippen LogP contribution in [0.2, 0.25) is 0 Å². The maximum absolute atomic E-state index is 10.1. The third-order valence-electron chi connectivity index (χ3n) is 1.60. The van der Waals surface area contributed by atoms with Gasteiger partial charge < -0.3 is 0 Å². The predicted octanol–water partition coefficient (Wildman–Crippen LogP) is -0.416. The molecule has 0 aliphatic rings. The fraction of sp³-hybridized carbons (Fsp3) is 0. The Bertz CT molecular complexity index is 327. The predicted molar refractivity (Wildman–Crippen MR) is 48.2 cm³/mol. The van der Waals surface area contributed by atoms with Gasteiger partial charge in [-0.05, 0) is 0 Å². The third-order valence-corrected chi connectivity index (χ3v) is 1.60. The summed E-state index contributed by atoms with van der Waals surface area (Å²) in [6, 6.07) is 4.94. The van der Waals surface area contributed by atoms with Crippen molar-refractivity contribution in [3.63, 3.8) is 0 Å². The van der Waals surface area contributed by atoms with E-state index in [1.165, 1.54) is 0 Å². The second kappa shape index (κ2) is 4.70. The molecule has 13 heavy (non-hydrogen) atoms. The zero-order valence-corrected chi connectivity index (χ0v) is 7.11. The third kappa shape index (κ3) is 2.62. The van der Waals surface area contributed by atoms with E-state index >= 15 is 0 Å². The van der Waals surface area contributed by atoms with Crippen molar-refractivity contribution >= 4 is 40.5 Å². The molecular formula is C8H6LiNO3. The molecule has 1 amide bonds. The number of rotatable bonds is 4. The fourth-order valence-corrected chi connectivity index (χ4v) is 0.990. The number of amides is 1. The molecule has 0 heterocycles. The van der Waals surface area contributed by atoms with Gasteiger partial charge in [0.1, 0.15) is 0 Å². The standard InChI is InChI=1S/C8H6NO3.Li/c10-5-9-7-1-3-8(4-2-7)12-6-11;/h1,3-6H,(H,9,10);. The minimum atomic E-state index is 0.363. The molecule has 0 saturated carbocycles. The molecule has 62 valence electrons. The van der Waals surface area contributed by atoms with Gasteiger partial charge in [0.2, 0.25) is 0 Å². The Labute approximate surface area is 84.5 Å². The van der Waals surface area contributed by atoms with Crippen molar-refractivity contribution < 1.29 is 14.3 Å². The van der Waals surface area contributed by atoms with Crippen LogP contribution >= 0.6 is 0 Å². The van der Waals surface area contributed by atoms with Gasteiger partial charge in [-0.3, -0.25) is 0 Å². The van der Waals surface area contributed by atoms with Crippen molar-refractivity contribution in [3.8, 4) is 5.75 Å². The van der Waals surface area contributed by atoms with E-state index in [4.69, 9.17) is 0 Å². The van der Waals surface area contributed by atoms with E-state index in [0.29, 0.717) is 24.3 Å². The van der Waals surface area contributed by atoms with Gasteiger partial charge in [-0.15, -0.1) is 0 Å². The monoisotopic (exact) mass is 171 g/mol. The van der Waals surface area contributed by atoms with E-state index in [9.17, 15) is 9.59 Å². The second-order valence-electron chi connectivity index (χ2n) is 2.45. The molecule has 0 aromatic heterocycles. The van der Waals surface area contributed by atoms with Crippen LogP contribution in [0.5, 0.6) is 5.75 Å². The Balaban J connectivity index is 2.90. The van der Waals surface area contributed by atoms with Crippen molar-refractivity contribution in [1.82, 2.24) is 0 Å². The van der Waals surface area contributed by atoms with Crippen LogP contribution in [0.3, 0.4) is 0 Å². The van der Waals surface area contributed by atoms with Crippen molar-refractivity contribution in [1.29, 1.82) is 0 Å². The first-order valence-electron chi connectivity index (χ1n) is 3.69. The van der Waals surface area contributed by atoms with E-state index in [-0.39, 0.29) is 0 Å². The summed E-state index contributed by atoms with van der Waals surface area (Å²) in [6.07, 6.45) is 0.600. The maximum atomic E-state index is 10.1. The summed E-state index contributed by atoms with van der Waals surface area (Å²) in [5.41, 5.74) is 0.702. The first-order chi connectivity index (χ1) is 6.27. The van der Waals surface area contributed by atoms with Crippen LogP contribution in [-0.2, 0) is 9.59 Å². The van der Waals surface area contributed by atoms with Crippen molar-refractivity contribution in [3.05, 3.63) is 18.2 Å². The number of hydrogen-bond donors (Lipinski definition) is 1. The van der Waals surface area contributed by atoms with Crippen LogP contribution in [0.15, 0.2) is 18.2 Å². The van der Waals surface area contributed by atoms with Crippen LogP contribution < -0.4 is 14.3 Å². The van der Waals surface area contributed by atoms with Gasteiger partial charge in [-0.2, -0.15) is 0 Å². The van der Waals surface area contributed by atoms with Gasteiger partial charge in [0.05, 0.1) is 0 Å². The average Bonchev–Trinajstić information content (AvgIpc) is 2.10. The first-order valence-corrected chi connectivity index (χ1v) is 3.69. The zero-order valence-electron chi connectivity index (χ0n) is 7.11. The summed E-state index contributed by atoms with van der Waals surface area (Å²) in [5.74, 6) is 0.462. The number of hydrogen-bond acceptors (Lipinski definition) is 3. The van der Waals surface area contributed by atoms with Crippen LogP contribution in [0, 0.1) is 0 Å². The fourth-order valence-electron chi connectivity index (χ4n) is 0.990. The van der Waals surface area contributed by atoms with E-state index in [1.807, 2.05) is 17.7 Å². The van der Waals surface area contributed by atoms with Gasteiger partial charge in [0.15, 0.2) is 0 Å². The molecule has 0 spiro atoms. The minimum absolute atomic E-state index is 0.363. The van der Waals surface area contributed by atoms with Crippen molar-refractivity contribution in [2.24, 2.45) is 0 Å². The van der Waals surface area contributed by atoms with Gasteiger partial charge in [-0.25, -0.2) is 0 Å². The molecule has 1 aromatic carbocycles. The molecule has 0 unspecified atom stereocenters. The zero-order chi connectivity index (χ0) is 9.68. The molecule has 0 aliphatic carbocycles. The molecule has 0 bridgehead atoms. The Hall–Kier alpha value is -1.24. The summed E-state index contributed by atoms with van der Waals surface area (Å²) in [5, 5.41) is 2.52. The molecule has 1 aromatic rings. The normalized spacial score (nSPS) is 9.08. The molecule has 5 heteroatoms. The number of benzene rings is 1. The number of nitrogens with one attached hydrogen (secondary N) is 1. The topological polar surface area (TPSA) is 55.4 Å². The van der Waals surface area contributed by atoms with Crippen LogP contribution in [0.25, 0.3) is 0 Å². The molecule has 1 N–H and O–H groups in total. The van der Waals surface area contributed by atoms with E-state index in [2.05, 4.69) is 10.1 Å². The summed E-state index contributed by atoms with van der Waals surface area (Å²) in [7, 11) is 0. The van der Waals surface area contributed by atoms with E-state index in [0.717, 1.165) is 4.24 Å². The van der Waals surface area contributed by atoms with Crippen LogP contribution in [0.1, 0.15) is 0 Å². The Morgan fingerprint density at radius 2 is 2.15 bits per heavy atom. The SMILES string of the molecule is [Li][c]1cc(OC=O)ccc1NC=O. The molecule has 0 radical (unpaired) electrons. The number of ether oxygens (including phenoxy) is 1. The van der Waals surface area contributed by atoms with Gasteiger partial charge >= 0.3 is 84.1 Å². The van der Waals surface area contributed by atoms with Crippen LogP contribution in [0.4, 0.5) is 5.69 Å². The molecule has 1 rings (SSSR count). The Morgan fingerprint density at radius 3 is 2.69 bits per heavy atom. The van der Waals surface area contributed by atoms with Crippen LogP contribution in [-0.4, -0.2) is 30.6 Å². The summed E-state index contributed by atoms with van der Waals surface area (Å²) in [4.78, 5) is 20.1. The molecule has 4 nitrogen and oxygen atoms in total. The van der Waals surface area contributed by atoms with Crippen molar-refractivity contribution in [2.45, 2.75) is 0 Å². The summed E-state index contributed by atoms with van der Waals surface area (Å²) < 4.78 is 5.46. The summed E-state index contributed by atoms with van der Waals surface area (Å²) >= 11 is 1.81. The average molecular weight is 171 g/mol. The van der Waals surface area contributed by atoms with Gasteiger partial charge in [0, 0.05) is 0 Å². The number of carbonyl (C=O) groups is 2.